The summed E-state index contributed by atoms with van der Waals surface area (Å²) in [5.74, 6) is -3.05. The number of thioether (sulfide) groups is 1. The van der Waals surface area contributed by atoms with Gasteiger partial charge in [-0.25, -0.2) is 9.78 Å². The van der Waals surface area contributed by atoms with Gasteiger partial charge >= 0.3 is 5.97 Å². The lowest BCUT2D eigenvalue weighted by Gasteiger charge is -2.25. The minimum atomic E-state index is -1.17. The van der Waals surface area contributed by atoms with Crippen molar-refractivity contribution < 1.29 is 29.1 Å². The molecule has 0 unspecified atom stereocenters. The summed E-state index contributed by atoms with van der Waals surface area (Å²) in [5.41, 5.74) is 12.4. The first kappa shape index (κ1) is 39.7. The van der Waals surface area contributed by atoms with Gasteiger partial charge in [0.2, 0.25) is 23.6 Å². The van der Waals surface area contributed by atoms with E-state index in [4.69, 9.17) is 23.7 Å². The maximum Gasteiger partial charge on any atom is 0.326 e. The van der Waals surface area contributed by atoms with Crippen LogP contribution in [0.3, 0.4) is 0 Å². The predicted octanol–water partition coefficient (Wildman–Crippen LogP) is -0.687. The number of unbranched alkanes of at least 4 members (excludes halogenated alkanes) is 2. The summed E-state index contributed by atoms with van der Waals surface area (Å²) in [7, 11) is 0. The lowest BCUT2D eigenvalue weighted by Crippen LogP contribution is -2.58. The van der Waals surface area contributed by atoms with Crippen molar-refractivity contribution in [3.05, 3.63) is 18.2 Å². The number of carbonyl (C=O) groups is 5. The second-order valence-corrected chi connectivity index (χ2v) is 12.3. The van der Waals surface area contributed by atoms with Gasteiger partial charge in [0, 0.05) is 24.9 Å². The molecule has 0 fully saturated rings. The van der Waals surface area contributed by atoms with E-state index in [9.17, 15) is 29.1 Å². The summed E-state index contributed by atoms with van der Waals surface area (Å²) in [4.78, 5) is 71.5. The molecule has 11 N–H and O–H groups in total. The van der Waals surface area contributed by atoms with E-state index < -0.39 is 59.8 Å². The molecule has 0 saturated carbocycles. The third-order valence-corrected chi connectivity index (χ3v) is 7.60. The zero-order valence-electron chi connectivity index (χ0n) is 26.2. The maximum atomic E-state index is 13.5. The number of aliphatic carboxylic acids is 1. The highest BCUT2D eigenvalue weighted by atomic mass is 32.2. The molecule has 0 radical (unpaired) electrons. The molecule has 1 aromatic heterocycles. The maximum absolute atomic E-state index is 13.5. The van der Waals surface area contributed by atoms with Crippen molar-refractivity contribution in [1.29, 1.82) is 0 Å². The van der Waals surface area contributed by atoms with Crippen LogP contribution >= 0.6 is 24.0 Å². The number of H-pyrrole nitrogens is 1. The van der Waals surface area contributed by atoms with Gasteiger partial charge in [0.05, 0.1) is 17.4 Å². The monoisotopic (exact) mass is 671 g/mol. The van der Waals surface area contributed by atoms with Crippen molar-refractivity contribution in [1.82, 2.24) is 36.6 Å². The Hall–Kier alpha value is -3.28. The van der Waals surface area contributed by atoms with Crippen LogP contribution in [0.15, 0.2) is 12.5 Å². The van der Waals surface area contributed by atoms with E-state index in [0.29, 0.717) is 55.2 Å². The predicted molar refractivity (Wildman–Crippen MR) is 177 cm³/mol. The third-order valence-electron chi connectivity index (χ3n) is 6.82. The molecule has 0 spiro atoms. The summed E-state index contributed by atoms with van der Waals surface area (Å²) in [6.07, 6.45) is 8.11. The number of hydrogen-bond acceptors (Lipinski definition) is 10. The van der Waals surface area contributed by atoms with E-state index in [0.717, 1.165) is 0 Å². The highest BCUT2D eigenvalue weighted by molar-refractivity contribution is 7.98. The van der Waals surface area contributed by atoms with Crippen LogP contribution in [0.5, 0.6) is 0 Å². The number of nitrogens with one attached hydrogen (secondary N) is 6. The molecule has 254 valence electrons. The average molecular weight is 672 g/mol. The van der Waals surface area contributed by atoms with E-state index in [1.165, 1.54) is 25.0 Å². The number of aromatic nitrogens is 2. The molecule has 0 aliphatic rings. The van der Waals surface area contributed by atoms with Crippen molar-refractivity contribution in [3.63, 3.8) is 0 Å². The first-order chi connectivity index (χ1) is 21.4. The Morgan fingerprint density at radius 1 is 0.933 bits per heavy atom. The SMILES string of the molecule is CSCC[C@H](NC(=O)[C@H](C)NC(=O)[C@H](CCCCNC(C)=S)NC(=O)[C@H](CCCCN)NC(=O)[C@@H](N)Cc1cnc[nH]1)C(=O)O. The molecule has 0 bridgehead atoms. The number of amides is 4. The van der Waals surface area contributed by atoms with E-state index >= 15 is 0 Å². The van der Waals surface area contributed by atoms with Crippen molar-refractivity contribution in [2.75, 3.05) is 25.1 Å². The largest absolute Gasteiger partial charge is 0.480 e. The van der Waals surface area contributed by atoms with Crippen LogP contribution in [0.2, 0.25) is 0 Å². The lowest BCUT2D eigenvalue weighted by atomic mass is 10.0. The number of carbonyl (C=O) groups excluding carboxylic acids is 4. The van der Waals surface area contributed by atoms with E-state index in [-0.39, 0.29) is 25.7 Å². The van der Waals surface area contributed by atoms with Gasteiger partial charge in [0.25, 0.3) is 0 Å². The number of thiocarbonyl (C=S) groups is 1. The number of imidazole rings is 1. The second-order valence-electron chi connectivity index (χ2n) is 10.7. The zero-order valence-corrected chi connectivity index (χ0v) is 27.9. The molecule has 17 heteroatoms. The topological polar surface area (TPSA) is 246 Å². The summed E-state index contributed by atoms with van der Waals surface area (Å²) in [6.45, 7) is 4.17. The van der Waals surface area contributed by atoms with Crippen molar-refractivity contribution in [3.8, 4) is 0 Å². The first-order valence-corrected chi connectivity index (χ1v) is 16.8. The number of rotatable bonds is 23. The van der Waals surface area contributed by atoms with Gasteiger partial charge in [0.1, 0.15) is 24.2 Å². The van der Waals surface area contributed by atoms with Crippen LogP contribution in [-0.4, -0.2) is 105 Å². The summed E-state index contributed by atoms with van der Waals surface area (Å²) in [5, 5.41) is 23.0. The van der Waals surface area contributed by atoms with Gasteiger partial charge in [-0.1, -0.05) is 12.2 Å². The quantitative estimate of drug-likeness (QED) is 0.0519. The highest BCUT2D eigenvalue weighted by Gasteiger charge is 2.30. The summed E-state index contributed by atoms with van der Waals surface area (Å²) < 4.78 is 0. The molecule has 1 rings (SSSR count). The second kappa shape index (κ2) is 22.3. The fourth-order valence-corrected chi connectivity index (χ4v) is 4.79. The van der Waals surface area contributed by atoms with E-state index in [2.05, 4.69) is 36.6 Å². The molecule has 0 aliphatic heterocycles. The molecule has 15 nitrogen and oxygen atoms in total. The number of carboxylic acids is 1. The normalized spacial score (nSPS) is 14.2. The van der Waals surface area contributed by atoms with Gasteiger partial charge in [0.15, 0.2) is 0 Å². The Balaban J connectivity index is 3.00. The molecule has 0 aromatic carbocycles. The lowest BCUT2D eigenvalue weighted by molar-refractivity contribution is -0.142. The smallest absolute Gasteiger partial charge is 0.326 e. The molecule has 1 aromatic rings. The van der Waals surface area contributed by atoms with Gasteiger partial charge in [-0.3, -0.25) is 19.2 Å². The van der Waals surface area contributed by atoms with E-state index in [1.54, 1.807) is 13.1 Å². The molecule has 1 heterocycles. The standard InChI is InChI=1S/C28H49N9O6S2/c1-17(24(38)37-23(28(42)43)10-13-45-3)34-26(40)21(9-5-7-12-32-18(2)44)36-27(41)22(8-4-6-11-29)35-25(39)20(30)14-19-15-31-16-33-19/h15-17,20-23H,4-14,29-30H2,1-3H3,(H,31,33)(H,32,44)(H,34,40)(H,35,39)(H,36,41)(H,37,38)(H,42,43)/t17-,20-,21-,22-,23-/m0/s1. The number of carboxylic acid groups (broad SMARTS) is 1. The van der Waals surface area contributed by atoms with Gasteiger partial charge in [-0.05, 0) is 77.3 Å². The molecular formula is C28H49N9O6S2. The van der Waals surface area contributed by atoms with Gasteiger partial charge in [-0.15, -0.1) is 0 Å². The number of aromatic amines is 1. The number of nitrogens with two attached hydrogens (primary N) is 2. The fraction of sp³-hybridized carbons (Fsp3) is 0.679. The van der Waals surface area contributed by atoms with Crippen molar-refractivity contribution >= 4 is 58.6 Å². The molecule has 0 aliphatic carbocycles. The van der Waals surface area contributed by atoms with E-state index in [1.807, 2.05) is 6.26 Å². The molecule has 5 atom stereocenters. The van der Waals surface area contributed by atoms with Gasteiger partial charge in [-0.2, -0.15) is 11.8 Å². The Kier molecular flexibility index (Phi) is 19.7. The third kappa shape index (κ3) is 16.6. The minimum absolute atomic E-state index is 0.184. The Morgan fingerprint density at radius 3 is 2.09 bits per heavy atom. The highest BCUT2D eigenvalue weighted by Crippen LogP contribution is 2.08. The Labute approximate surface area is 273 Å². The fourth-order valence-electron chi connectivity index (χ4n) is 4.21. The van der Waals surface area contributed by atoms with Crippen molar-refractivity contribution in [2.45, 2.75) is 95.4 Å². The van der Waals surface area contributed by atoms with Crippen LogP contribution < -0.4 is 38.1 Å². The summed E-state index contributed by atoms with van der Waals surface area (Å²) in [6, 6.07) is -5.15. The van der Waals surface area contributed by atoms with Gasteiger partial charge < -0.3 is 48.1 Å². The molecular weight excluding hydrogens is 622 g/mol. The molecule has 45 heavy (non-hydrogen) atoms. The minimum Gasteiger partial charge on any atom is -0.480 e. The number of nitrogens with zero attached hydrogens (tertiary/aromatic N) is 1. The van der Waals surface area contributed by atoms with Crippen LogP contribution in [0.1, 0.15) is 64.5 Å². The number of hydrogen-bond donors (Lipinski definition) is 9. The zero-order chi connectivity index (χ0) is 33.8. The van der Waals surface area contributed by atoms with Crippen LogP contribution in [0, 0.1) is 0 Å². The molecule has 0 saturated heterocycles. The molecule has 4 amide bonds. The summed E-state index contributed by atoms with van der Waals surface area (Å²) >= 11 is 6.48. The average Bonchev–Trinajstić information content (AvgIpc) is 3.50. The first-order valence-electron chi connectivity index (χ1n) is 15.0. The van der Waals surface area contributed by atoms with Crippen molar-refractivity contribution in [2.24, 2.45) is 11.5 Å². The Morgan fingerprint density at radius 2 is 1.53 bits per heavy atom. The Bertz CT molecular complexity index is 1090. The van der Waals surface area contributed by atoms with Crippen LogP contribution in [0.4, 0.5) is 0 Å². The van der Waals surface area contributed by atoms with Crippen LogP contribution in [-0.2, 0) is 30.4 Å². The van der Waals surface area contributed by atoms with Crippen LogP contribution in [0.25, 0.3) is 0 Å².